The summed E-state index contributed by atoms with van der Waals surface area (Å²) in [5, 5.41) is 10.6. The molecule has 0 amide bonds. The van der Waals surface area contributed by atoms with E-state index in [1.54, 1.807) is 26.2 Å². The highest BCUT2D eigenvalue weighted by Crippen LogP contribution is 2.31. The van der Waals surface area contributed by atoms with Crippen LogP contribution in [0.2, 0.25) is 0 Å². The van der Waals surface area contributed by atoms with Crippen LogP contribution in [0.25, 0.3) is 0 Å². The molecule has 0 saturated carbocycles. The van der Waals surface area contributed by atoms with Crippen LogP contribution in [-0.2, 0) is 12.0 Å². The molecule has 20 heavy (non-hydrogen) atoms. The highest BCUT2D eigenvalue weighted by Gasteiger charge is 2.25. The standard InChI is InChI=1S/C16H16BrFO2/c1-16(19,12-4-3-5-13(18)9-12)10-11-8-14(20-2)6-7-15(11)17/h3-9,19H,10H2,1-2H3. The highest BCUT2D eigenvalue weighted by atomic mass is 79.9. The minimum absolute atomic E-state index is 0.354. The van der Waals surface area contributed by atoms with Crippen molar-refractivity contribution in [3.63, 3.8) is 0 Å². The summed E-state index contributed by atoms with van der Waals surface area (Å²) in [6, 6.07) is 11.6. The largest absolute Gasteiger partial charge is 0.497 e. The van der Waals surface area contributed by atoms with Crippen LogP contribution >= 0.6 is 15.9 Å². The Kier molecular flexibility index (Phi) is 4.45. The Labute approximate surface area is 126 Å². The van der Waals surface area contributed by atoms with Crippen molar-refractivity contribution in [2.45, 2.75) is 18.9 Å². The molecule has 4 heteroatoms. The van der Waals surface area contributed by atoms with E-state index in [-0.39, 0.29) is 5.82 Å². The fraction of sp³-hybridized carbons (Fsp3) is 0.250. The summed E-state index contributed by atoms with van der Waals surface area (Å²) in [5.74, 6) is 0.366. The van der Waals surface area contributed by atoms with Gasteiger partial charge in [0.1, 0.15) is 11.6 Å². The molecule has 2 rings (SSSR count). The second-order valence-corrected chi connectivity index (χ2v) is 5.77. The second-order valence-electron chi connectivity index (χ2n) is 4.92. The zero-order valence-electron chi connectivity index (χ0n) is 11.4. The highest BCUT2D eigenvalue weighted by molar-refractivity contribution is 9.10. The minimum atomic E-state index is -1.16. The molecule has 0 aliphatic rings. The average molecular weight is 339 g/mol. The van der Waals surface area contributed by atoms with Gasteiger partial charge in [-0.25, -0.2) is 4.39 Å². The van der Waals surface area contributed by atoms with Crippen molar-refractivity contribution >= 4 is 15.9 Å². The molecule has 0 aromatic heterocycles. The van der Waals surface area contributed by atoms with Crippen molar-refractivity contribution in [2.24, 2.45) is 0 Å². The Hall–Kier alpha value is -1.39. The Morgan fingerprint density at radius 2 is 2.00 bits per heavy atom. The van der Waals surface area contributed by atoms with Crippen LogP contribution in [0.4, 0.5) is 4.39 Å². The minimum Gasteiger partial charge on any atom is -0.497 e. The SMILES string of the molecule is COc1ccc(Br)c(CC(C)(O)c2cccc(F)c2)c1. The number of aliphatic hydroxyl groups is 1. The molecule has 1 atom stereocenters. The fourth-order valence-corrected chi connectivity index (χ4v) is 2.50. The van der Waals surface area contributed by atoms with E-state index in [0.717, 1.165) is 15.8 Å². The van der Waals surface area contributed by atoms with Crippen LogP contribution < -0.4 is 4.74 Å². The molecule has 0 bridgehead atoms. The van der Waals surface area contributed by atoms with Crippen LogP contribution in [0, 0.1) is 5.82 Å². The monoisotopic (exact) mass is 338 g/mol. The first kappa shape index (κ1) is 15.0. The maximum absolute atomic E-state index is 13.3. The zero-order chi connectivity index (χ0) is 14.8. The van der Waals surface area contributed by atoms with E-state index in [1.807, 2.05) is 18.2 Å². The third-order valence-electron chi connectivity index (χ3n) is 3.23. The normalized spacial score (nSPS) is 13.8. The molecular weight excluding hydrogens is 323 g/mol. The molecule has 1 unspecified atom stereocenters. The lowest BCUT2D eigenvalue weighted by molar-refractivity contribution is 0.0571. The van der Waals surface area contributed by atoms with Crippen molar-refractivity contribution in [3.8, 4) is 5.75 Å². The third-order valence-corrected chi connectivity index (χ3v) is 4.01. The van der Waals surface area contributed by atoms with E-state index in [0.29, 0.717) is 12.0 Å². The third kappa shape index (κ3) is 3.38. The van der Waals surface area contributed by atoms with Gasteiger partial charge in [-0.05, 0) is 48.4 Å². The van der Waals surface area contributed by atoms with E-state index in [9.17, 15) is 9.50 Å². The Balaban J connectivity index is 2.32. The van der Waals surface area contributed by atoms with E-state index in [4.69, 9.17) is 4.74 Å². The van der Waals surface area contributed by atoms with Crippen molar-refractivity contribution in [1.82, 2.24) is 0 Å². The van der Waals surface area contributed by atoms with E-state index < -0.39 is 5.60 Å². The summed E-state index contributed by atoms with van der Waals surface area (Å²) in [6.07, 6.45) is 0.355. The van der Waals surface area contributed by atoms with Crippen LogP contribution in [0.5, 0.6) is 5.75 Å². The number of methoxy groups -OCH3 is 1. The lowest BCUT2D eigenvalue weighted by Gasteiger charge is -2.25. The molecule has 106 valence electrons. The number of benzene rings is 2. The van der Waals surface area contributed by atoms with Crippen molar-refractivity contribution < 1.29 is 14.2 Å². The lowest BCUT2D eigenvalue weighted by atomic mass is 9.89. The number of hydrogen-bond acceptors (Lipinski definition) is 2. The van der Waals surface area contributed by atoms with Crippen molar-refractivity contribution in [2.75, 3.05) is 7.11 Å². The summed E-state index contributed by atoms with van der Waals surface area (Å²) in [6.45, 7) is 1.67. The molecule has 2 aromatic rings. The Morgan fingerprint density at radius 3 is 2.65 bits per heavy atom. The van der Waals surface area contributed by atoms with Gasteiger partial charge in [-0.2, -0.15) is 0 Å². The van der Waals surface area contributed by atoms with Crippen molar-refractivity contribution in [3.05, 3.63) is 63.9 Å². The molecule has 2 nitrogen and oxygen atoms in total. The molecule has 0 aliphatic heterocycles. The van der Waals surface area contributed by atoms with Crippen LogP contribution in [0.15, 0.2) is 46.9 Å². The number of rotatable bonds is 4. The van der Waals surface area contributed by atoms with Gasteiger partial charge in [-0.1, -0.05) is 28.1 Å². The second kappa shape index (κ2) is 5.94. The van der Waals surface area contributed by atoms with Gasteiger partial charge in [0.15, 0.2) is 0 Å². The molecule has 0 heterocycles. The molecule has 0 aliphatic carbocycles. The summed E-state index contributed by atoms with van der Waals surface area (Å²) >= 11 is 3.46. The van der Waals surface area contributed by atoms with Crippen LogP contribution in [0.1, 0.15) is 18.1 Å². The maximum Gasteiger partial charge on any atom is 0.123 e. The van der Waals surface area contributed by atoms with Crippen LogP contribution in [-0.4, -0.2) is 12.2 Å². The molecule has 0 saturated heterocycles. The van der Waals surface area contributed by atoms with Gasteiger partial charge < -0.3 is 9.84 Å². The molecule has 0 fully saturated rings. The Bertz CT molecular complexity index is 611. The Morgan fingerprint density at radius 1 is 1.25 bits per heavy atom. The van der Waals surface area contributed by atoms with Crippen LogP contribution in [0.3, 0.4) is 0 Å². The van der Waals surface area contributed by atoms with E-state index >= 15 is 0 Å². The summed E-state index contributed by atoms with van der Waals surface area (Å²) in [7, 11) is 1.59. The predicted molar refractivity (Wildman–Crippen MR) is 80.4 cm³/mol. The quantitative estimate of drug-likeness (QED) is 0.911. The maximum atomic E-state index is 13.3. The average Bonchev–Trinajstić information content (AvgIpc) is 2.41. The lowest BCUT2D eigenvalue weighted by Crippen LogP contribution is -2.24. The topological polar surface area (TPSA) is 29.5 Å². The predicted octanol–water partition coefficient (Wildman–Crippen LogP) is 4.05. The van der Waals surface area contributed by atoms with Gasteiger partial charge >= 0.3 is 0 Å². The van der Waals surface area contributed by atoms with Gasteiger partial charge in [0.25, 0.3) is 0 Å². The van der Waals surface area contributed by atoms with E-state index in [2.05, 4.69) is 15.9 Å². The van der Waals surface area contributed by atoms with Gasteiger partial charge in [0, 0.05) is 10.9 Å². The fourth-order valence-electron chi connectivity index (χ4n) is 2.11. The van der Waals surface area contributed by atoms with Gasteiger partial charge in [-0.3, -0.25) is 0 Å². The molecule has 2 aromatic carbocycles. The van der Waals surface area contributed by atoms with Crippen molar-refractivity contribution in [1.29, 1.82) is 0 Å². The molecular formula is C16H16BrFO2. The first-order valence-electron chi connectivity index (χ1n) is 6.23. The van der Waals surface area contributed by atoms with Gasteiger partial charge in [0.05, 0.1) is 12.7 Å². The first-order chi connectivity index (χ1) is 9.42. The molecule has 1 N–H and O–H groups in total. The first-order valence-corrected chi connectivity index (χ1v) is 7.02. The summed E-state index contributed by atoms with van der Waals surface area (Å²) < 4.78 is 19.4. The smallest absolute Gasteiger partial charge is 0.123 e. The zero-order valence-corrected chi connectivity index (χ0v) is 12.9. The molecule has 0 radical (unpaired) electrons. The molecule has 0 spiro atoms. The van der Waals surface area contributed by atoms with E-state index in [1.165, 1.54) is 12.1 Å². The summed E-state index contributed by atoms with van der Waals surface area (Å²) in [4.78, 5) is 0. The number of hydrogen-bond donors (Lipinski definition) is 1. The number of ether oxygens (including phenoxy) is 1. The van der Waals surface area contributed by atoms with Gasteiger partial charge in [0.2, 0.25) is 0 Å². The number of halogens is 2. The van der Waals surface area contributed by atoms with Gasteiger partial charge in [-0.15, -0.1) is 0 Å². The summed E-state index contributed by atoms with van der Waals surface area (Å²) in [5.41, 5.74) is 0.294.